The summed E-state index contributed by atoms with van der Waals surface area (Å²) in [4.78, 5) is 10.5. The van der Waals surface area contributed by atoms with Gasteiger partial charge in [-0.05, 0) is 0 Å². The standard InChI is InChI=1S/C6H8O6.H3N/c7-1-2(8)5-3(9)4(10)6(11)12-5;/h2,5,7-10H,1H2;1H3/t2?,5-;/m1./s1. The average molecular weight is 193 g/mol. The molecule has 0 fully saturated rings. The van der Waals surface area contributed by atoms with E-state index >= 15 is 0 Å². The molecule has 0 aromatic carbocycles. The number of carbonyl (C=O) groups excluding carboxylic acids is 1. The highest BCUT2D eigenvalue weighted by atomic mass is 16.6. The largest absolute Gasteiger partial charge is 0.505 e. The molecule has 1 unspecified atom stereocenters. The van der Waals surface area contributed by atoms with E-state index in [0.717, 1.165) is 0 Å². The smallest absolute Gasteiger partial charge is 0.377 e. The van der Waals surface area contributed by atoms with Crippen LogP contribution >= 0.6 is 0 Å². The number of hydrogen-bond donors (Lipinski definition) is 5. The lowest BCUT2D eigenvalue weighted by Crippen LogP contribution is -2.31. The molecule has 7 heteroatoms. The van der Waals surface area contributed by atoms with Gasteiger partial charge < -0.3 is 31.3 Å². The molecule has 2 atom stereocenters. The fourth-order valence-electron chi connectivity index (χ4n) is 0.823. The number of esters is 1. The van der Waals surface area contributed by atoms with Crippen LogP contribution in [-0.4, -0.2) is 45.2 Å². The normalized spacial score (nSPS) is 23.8. The molecule has 13 heavy (non-hydrogen) atoms. The zero-order valence-electron chi connectivity index (χ0n) is 6.67. The number of hydrogen-bond acceptors (Lipinski definition) is 7. The zero-order chi connectivity index (χ0) is 9.30. The Morgan fingerprint density at radius 1 is 1.46 bits per heavy atom. The molecule has 0 spiro atoms. The summed E-state index contributed by atoms with van der Waals surface area (Å²) in [5.41, 5.74) is 0. The van der Waals surface area contributed by atoms with Crippen molar-refractivity contribution >= 4 is 5.97 Å². The van der Waals surface area contributed by atoms with Crippen LogP contribution in [0.25, 0.3) is 0 Å². The second kappa shape index (κ2) is 4.08. The lowest BCUT2D eigenvalue weighted by molar-refractivity contribution is -0.147. The topological polar surface area (TPSA) is 142 Å². The molecular weight excluding hydrogens is 182 g/mol. The highest BCUT2D eigenvalue weighted by molar-refractivity contribution is 5.89. The van der Waals surface area contributed by atoms with Gasteiger partial charge in [-0.25, -0.2) is 4.79 Å². The van der Waals surface area contributed by atoms with Gasteiger partial charge in [0.2, 0.25) is 5.76 Å². The van der Waals surface area contributed by atoms with Crippen LogP contribution in [0, 0.1) is 0 Å². The van der Waals surface area contributed by atoms with E-state index in [1.807, 2.05) is 0 Å². The number of carbonyl (C=O) groups is 1. The molecule has 7 nitrogen and oxygen atoms in total. The van der Waals surface area contributed by atoms with Crippen molar-refractivity contribution in [3.8, 4) is 0 Å². The van der Waals surface area contributed by atoms with Crippen molar-refractivity contribution in [1.82, 2.24) is 6.15 Å². The van der Waals surface area contributed by atoms with Crippen LogP contribution in [0.3, 0.4) is 0 Å². The maximum absolute atomic E-state index is 10.5. The summed E-state index contributed by atoms with van der Waals surface area (Å²) in [5, 5.41) is 35.0. The summed E-state index contributed by atoms with van der Waals surface area (Å²) in [5.74, 6) is -2.78. The average Bonchev–Trinajstić information content (AvgIpc) is 2.32. The lowest BCUT2D eigenvalue weighted by Gasteiger charge is -2.13. The molecule has 1 rings (SSSR count). The lowest BCUT2D eigenvalue weighted by atomic mass is 10.2. The van der Waals surface area contributed by atoms with Gasteiger partial charge in [0.15, 0.2) is 11.9 Å². The molecule has 0 amide bonds. The Morgan fingerprint density at radius 3 is 2.31 bits per heavy atom. The summed E-state index contributed by atoms with van der Waals surface area (Å²) in [7, 11) is 0. The first-order valence-electron chi connectivity index (χ1n) is 3.20. The molecule has 0 saturated carbocycles. The van der Waals surface area contributed by atoms with Gasteiger partial charge in [0.25, 0.3) is 0 Å². The fraction of sp³-hybridized carbons (Fsp3) is 0.500. The maximum Gasteiger partial charge on any atom is 0.377 e. The molecule has 7 N–H and O–H groups in total. The Balaban J connectivity index is 0.00000144. The summed E-state index contributed by atoms with van der Waals surface area (Å²) in [6.07, 6.45) is -2.78. The van der Waals surface area contributed by atoms with Crippen molar-refractivity contribution in [3.05, 3.63) is 11.5 Å². The summed E-state index contributed by atoms with van der Waals surface area (Å²) in [6, 6.07) is 0. The maximum atomic E-state index is 10.5. The van der Waals surface area contributed by atoms with Crippen LogP contribution in [-0.2, 0) is 9.53 Å². The van der Waals surface area contributed by atoms with Crippen LogP contribution in [0.4, 0.5) is 0 Å². The molecule has 0 bridgehead atoms. The van der Waals surface area contributed by atoms with Gasteiger partial charge in [-0.3, -0.25) is 0 Å². The van der Waals surface area contributed by atoms with Crippen molar-refractivity contribution < 1.29 is 30.0 Å². The second-order valence-electron chi connectivity index (χ2n) is 2.31. The van der Waals surface area contributed by atoms with Crippen LogP contribution in [0.5, 0.6) is 0 Å². The Kier molecular flexibility index (Phi) is 3.67. The molecule has 0 aromatic heterocycles. The van der Waals surface area contributed by atoms with Crippen molar-refractivity contribution in [2.24, 2.45) is 0 Å². The first kappa shape index (κ1) is 11.7. The molecule has 1 aliphatic heterocycles. The van der Waals surface area contributed by atoms with Gasteiger partial charge >= 0.3 is 5.97 Å². The van der Waals surface area contributed by atoms with E-state index in [-0.39, 0.29) is 6.15 Å². The van der Waals surface area contributed by atoms with Gasteiger partial charge in [0, 0.05) is 0 Å². The van der Waals surface area contributed by atoms with Crippen LogP contribution in [0.2, 0.25) is 0 Å². The van der Waals surface area contributed by atoms with E-state index < -0.39 is 36.3 Å². The molecular formula is C6H11NO6. The molecule has 1 heterocycles. The van der Waals surface area contributed by atoms with Crippen LogP contribution in [0.1, 0.15) is 0 Å². The van der Waals surface area contributed by atoms with Crippen molar-refractivity contribution in [2.45, 2.75) is 12.2 Å². The SMILES string of the molecule is N.O=C1O[C@H](C(O)CO)C(O)=C1O. The molecule has 0 aromatic rings. The number of ether oxygens (including phenoxy) is 1. The van der Waals surface area contributed by atoms with E-state index in [0.29, 0.717) is 0 Å². The first-order chi connectivity index (χ1) is 5.57. The van der Waals surface area contributed by atoms with E-state index in [1.165, 1.54) is 0 Å². The summed E-state index contributed by atoms with van der Waals surface area (Å²) >= 11 is 0. The zero-order valence-corrected chi connectivity index (χ0v) is 6.67. The van der Waals surface area contributed by atoms with E-state index in [1.54, 1.807) is 0 Å². The third kappa shape index (κ3) is 1.89. The highest BCUT2D eigenvalue weighted by Crippen LogP contribution is 2.20. The molecule has 0 saturated heterocycles. The molecule has 1 aliphatic rings. The quantitative estimate of drug-likeness (QED) is 0.345. The van der Waals surface area contributed by atoms with Crippen molar-refractivity contribution in [3.63, 3.8) is 0 Å². The third-order valence-corrected chi connectivity index (χ3v) is 1.48. The highest BCUT2D eigenvalue weighted by Gasteiger charge is 2.38. The number of aliphatic hydroxyl groups is 4. The molecule has 76 valence electrons. The monoisotopic (exact) mass is 193 g/mol. The van der Waals surface area contributed by atoms with Crippen LogP contribution < -0.4 is 6.15 Å². The third-order valence-electron chi connectivity index (χ3n) is 1.48. The Hall–Kier alpha value is -1.31. The molecule has 0 radical (unpaired) electrons. The first-order valence-corrected chi connectivity index (χ1v) is 3.20. The Labute approximate surface area is 73.5 Å². The Bertz CT molecular complexity index is 237. The summed E-state index contributed by atoms with van der Waals surface area (Å²) in [6.45, 7) is -0.671. The van der Waals surface area contributed by atoms with Gasteiger partial charge in [-0.1, -0.05) is 0 Å². The van der Waals surface area contributed by atoms with E-state index in [4.69, 9.17) is 20.4 Å². The predicted octanol–water partition coefficient (Wildman–Crippen LogP) is -1.25. The van der Waals surface area contributed by atoms with Gasteiger partial charge in [0.1, 0.15) is 6.10 Å². The van der Waals surface area contributed by atoms with Crippen molar-refractivity contribution in [2.75, 3.05) is 6.61 Å². The summed E-state index contributed by atoms with van der Waals surface area (Å²) < 4.78 is 4.32. The Morgan fingerprint density at radius 2 is 2.00 bits per heavy atom. The van der Waals surface area contributed by atoms with Crippen LogP contribution in [0.15, 0.2) is 11.5 Å². The minimum absolute atomic E-state index is 0. The molecule has 0 aliphatic carbocycles. The van der Waals surface area contributed by atoms with Gasteiger partial charge in [-0.2, -0.15) is 0 Å². The minimum Gasteiger partial charge on any atom is -0.505 e. The van der Waals surface area contributed by atoms with E-state index in [9.17, 15) is 4.79 Å². The second-order valence-corrected chi connectivity index (χ2v) is 2.31. The van der Waals surface area contributed by atoms with Crippen molar-refractivity contribution in [1.29, 1.82) is 0 Å². The minimum atomic E-state index is -1.42. The van der Waals surface area contributed by atoms with Gasteiger partial charge in [0.05, 0.1) is 6.61 Å². The predicted molar refractivity (Wildman–Crippen MR) is 40.3 cm³/mol. The number of rotatable bonds is 2. The number of cyclic esters (lactones) is 1. The number of aliphatic hydroxyl groups excluding tert-OH is 4. The van der Waals surface area contributed by atoms with E-state index in [2.05, 4.69) is 4.74 Å². The van der Waals surface area contributed by atoms with Gasteiger partial charge in [-0.15, -0.1) is 0 Å². The fourth-order valence-corrected chi connectivity index (χ4v) is 0.823.